The van der Waals surface area contributed by atoms with Crippen molar-refractivity contribution in [2.75, 3.05) is 11.9 Å². The largest absolute Gasteiger partial charge is 0.504 e. The van der Waals surface area contributed by atoms with E-state index in [9.17, 15) is 24.9 Å². The van der Waals surface area contributed by atoms with E-state index in [2.05, 4.69) is 5.32 Å². The number of ether oxygens (including phenoxy) is 1. The van der Waals surface area contributed by atoms with Gasteiger partial charge in [-0.1, -0.05) is 17.7 Å². The number of phenols is 3. The lowest BCUT2D eigenvalue weighted by molar-refractivity contribution is -0.119. The monoisotopic (exact) mass is 331 g/mol. The van der Waals surface area contributed by atoms with Gasteiger partial charge in [0.2, 0.25) is 0 Å². The van der Waals surface area contributed by atoms with E-state index in [0.29, 0.717) is 5.69 Å². The molecule has 0 atom stereocenters. The number of aromatic hydroxyl groups is 3. The molecular weight excluding hydrogens is 314 g/mol. The van der Waals surface area contributed by atoms with E-state index >= 15 is 0 Å². The summed E-state index contributed by atoms with van der Waals surface area (Å²) in [7, 11) is 0. The van der Waals surface area contributed by atoms with Crippen LogP contribution in [0, 0.1) is 13.8 Å². The van der Waals surface area contributed by atoms with E-state index in [4.69, 9.17) is 4.74 Å². The standard InChI is InChI=1S/C17H17NO6/c1-9-3-4-12(10(2)5-9)18-15(21)8-24-17(23)11-6-13(19)16(22)14(20)7-11/h3-7,19-20,22H,8H2,1-2H3,(H,18,21). The van der Waals surface area contributed by atoms with Gasteiger partial charge in [0, 0.05) is 5.69 Å². The first-order valence-electron chi connectivity index (χ1n) is 7.07. The lowest BCUT2D eigenvalue weighted by Crippen LogP contribution is -2.21. The Labute approximate surface area is 138 Å². The average molecular weight is 331 g/mol. The molecule has 0 spiro atoms. The summed E-state index contributed by atoms with van der Waals surface area (Å²) >= 11 is 0. The van der Waals surface area contributed by atoms with Gasteiger partial charge in [0.05, 0.1) is 5.56 Å². The number of carbonyl (C=O) groups excluding carboxylic acids is 2. The molecule has 0 radical (unpaired) electrons. The van der Waals surface area contributed by atoms with Crippen molar-refractivity contribution in [2.24, 2.45) is 0 Å². The highest BCUT2D eigenvalue weighted by atomic mass is 16.5. The van der Waals surface area contributed by atoms with Crippen LogP contribution in [0.25, 0.3) is 0 Å². The van der Waals surface area contributed by atoms with Crippen molar-refractivity contribution >= 4 is 17.6 Å². The van der Waals surface area contributed by atoms with Crippen LogP contribution in [-0.2, 0) is 9.53 Å². The zero-order valence-electron chi connectivity index (χ0n) is 13.2. The first-order chi connectivity index (χ1) is 11.3. The maximum atomic E-state index is 11.8. The maximum Gasteiger partial charge on any atom is 0.338 e. The summed E-state index contributed by atoms with van der Waals surface area (Å²) in [5.41, 5.74) is 2.36. The quantitative estimate of drug-likeness (QED) is 0.504. The minimum Gasteiger partial charge on any atom is -0.504 e. The number of anilines is 1. The Balaban J connectivity index is 1.97. The van der Waals surface area contributed by atoms with Gasteiger partial charge in [0.25, 0.3) is 5.91 Å². The molecule has 2 aromatic rings. The Bertz CT molecular complexity index is 777. The van der Waals surface area contributed by atoms with Crippen LogP contribution in [0.15, 0.2) is 30.3 Å². The number of phenolic OH excluding ortho intramolecular Hbond substituents is 3. The van der Waals surface area contributed by atoms with Crippen LogP contribution < -0.4 is 5.32 Å². The molecule has 0 unspecified atom stereocenters. The summed E-state index contributed by atoms with van der Waals surface area (Å²) in [6.07, 6.45) is 0. The zero-order valence-corrected chi connectivity index (χ0v) is 13.2. The molecule has 0 saturated carbocycles. The Morgan fingerprint density at radius 3 is 2.25 bits per heavy atom. The number of aryl methyl sites for hydroxylation is 2. The Morgan fingerprint density at radius 1 is 1.04 bits per heavy atom. The van der Waals surface area contributed by atoms with Gasteiger partial charge >= 0.3 is 5.97 Å². The number of hydrogen-bond acceptors (Lipinski definition) is 6. The third-order valence-electron chi connectivity index (χ3n) is 3.30. The highest BCUT2D eigenvalue weighted by molar-refractivity contribution is 5.96. The summed E-state index contributed by atoms with van der Waals surface area (Å²) in [4.78, 5) is 23.7. The number of carbonyl (C=O) groups is 2. The van der Waals surface area contributed by atoms with Gasteiger partial charge in [0.15, 0.2) is 23.9 Å². The van der Waals surface area contributed by atoms with Crippen molar-refractivity contribution in [2.45, 2.75) is 13.8 Å². The normalized spacial score (nSPS) is 10.2. The average Bonchev–Trinajstić information content (AvgIpc) is 2.52. The number of amides is 1. The lowest BCUT2D eigenvalue weighted by Gasteiger charge is -2.10. The second kappa shape index (κ2) is 6.91. The highest BCUT2D eigenvalue weighted by Crippen LogP contribution is 2.35. The fraction of sp³-hybridized carbons (Fsp3) is 0.176. The first kappa shape index (κ1) is 17.1. The number of hydrogen-bond donors (Lipinski definition) is 4. The summed E-state index contributed by atoms with van der Waals surface area (Å²) in [6.45, 7) is 3.24. The van der Waals surface area contributed by atoms with Crippen LogP contribution in [-0.4, -0.2) is 33.8 Å². The molecule has 7 heteroatoms. The van der Waals surface area contributed by atoms with Crippen LogP contribution in [0.2, 0.25) is 0 Å². The SMILES string of the molecule is Cc1ccc(NC(=O)COC(=O)c2cc(O)c(O)c(O)c2)c(C)c1. The maximum absolute atomic E-state index is 11.8. The predicted octanol–water partition coefficient (Wildman–Crippen LogP) is 2.22. The van der Waals surface area contributed by atoms with Crippen molar-refractivity contribution in [1.29, 1.82) is 0 Å². The van der Waals surface area contributed by atoms with Crippen molar-refractivity contribution in [3.63, 3.8) is 0 Å². The number of esters is 1. The molecule has 0 aliphatic rings. The molecule has 0 heterocycles. The van der Waals surface area contributed by atoms with Crippen molar-refractivity contribution in [1.82, 2.24) is 0 Å². The summed E-state index contributed by atoms with van der Waals surface area (Å²) in [5.74, 6) is -3.51. The Hall–Kier alpha value is -3.22. The van der Waals surface area contributed by atoms with Gasteiger partial charge in [-0.25, -0.2) is 4.79 Å². The zero-order chi connectivity index (χ0) is 17.9. The van der Waals surface area contributed by atoms with Gasteiger partial charge in [-0.15, -0.1) is 0 Å². The van der Waals surface area contributed by atoms with E-state index in [1.165, 1.54) is 0 Å². The molecule has 2 aromatic carbocycles. The molecule has 24 heavy (non-hydrogen) atoms. The van der Waals surface area contributed by atoms with Gasteiger partial charge in [-0.05, 0) is 37.6 Å². The topological polar surface area (TPSA) is 116 Å². The third-order valence-corrected chi connectivity index (χ3v) is 3.30. The van der Waals surface area contributed by atoms with E-state index in [0.717, 1.165) is 23.3 Å². The van der Waals surface area contributed by atoms with Gasteiger partial charge in [-0.3, -0.25) is 4.79 Å². The summed E-state index contributed by atoms with van der Waals surface area (Å²) in [6, 6.07) is 7.36. The first-order valence-corrected chi connectivity index (χ1v) is 7.07. The fourth-order valence-corrected chi connectivity index (χ4v) is 2.08. The van der Waals surface area contributed by atoms with Crippen molar-refractivity contribution < 1.29 is 29.6 Å². The van der Waals surface area contributed by atoms with Crippen LogP contribution in [0.4, 0.5) is 5.69 Å². The molecule has 0 aliphatic heterocycles. The van der Waals surface area contributed by atoms with E-state index in [-0.39, 0.29) is 5.56 Å². The van der Waals surface area contributed by atoms with Crippen LogP contribution in [0.5, 0.6) is 17.2 Å². The van der Waals surface area contributed by atoms with Crippen LogP contribution in [0.3, 0.4) is 0 Å². The highest BCUT2D eigenvalue weighted by Gasteiger charge is 2.16. The third kappa shape index (κ3) is 3.95. The molecule has 0 aromatic heterocycles. The minimum atomic E-state index is -0.920. The molecule has 1 amide bonds. The van der Waals surface area contributed by atoms with Gasteiger partial charge < -0.3 is 25.4 Å². The molecule has 126 valence electrons. The summed E-state index contributed by atoms with van der Waals surface area (Å²) < 4.78 is 4.82. The van der Waals surface area contributed by atoms with Gasteiger partial charge in [-0.2, -0.15) is 0 Å². The smallest absolute Gasteiger partial charge is 0.338 e. The van der Waals surface area contributed by atoms with E-state index in [1.54, 1.807) is 6.07 Å². The Morgan fingerprint density at radius 2 is 1.67 bits per heavy atom. The second-order valence-corrected chi connectivity index (χ2v) is 5.31. The molecule has 7 nitrogen and oxygen atoms in total. The number of benzene rings is 2. The van der Waals surface area contributed by atoms with Crippen LogP contribution >= 0.6 is 0 Å². The summed E-state index contributed by atoms with van der Waals surface area (Å²) in [5, 5.41) is 30.6. The Kier molecular flexibility index (Phi) is 4.93. The van der Waals surface area contributed by atoms with Gasteiger partial charge in [0.1, 0.15) is 0 Å². The lowest BCUT2D eigenvalue weighted by atomic mass is 10.1. The van der Waals surface area contributed by atoms with Crippen LogP contribution in [0.1, 0.15) is 21.5 Å². The molecule has 0 bridgehead atoms. The van der Waals surface area contributed by atoms with E-state index in [1.807, 2.05) is 26.0 Å². The molecule has 4 N–H and O–H groups in total. The van der Waals surface area contributed by atoms with Crippen molar-refractivity contribution in [3.8, 4) is 17.2 Å². The minimum absolute atomic E-state index is 0.192. The molecular formula is C17H17NO6. The van der Waals surface area contributed by atoms with E-state index < -0.39 is 35.7 Å². The number of rotatable bonds is 4. The second-order valence-electron chi connectivity index (χ2n) is 5.31. The fourth-order valence-electron chi connectivity index (χ4n) is 2.08. The molecule has 0 aliphatic carbocycles. The molecule has 0 fully saturated rings. The van der Waals surface area contributed by atoms with Crippen molar-refractivity contribution in [3.05, 3.63) is 47.0 Å². The molecule has 2 rings (SSSR count). The predicted molar refractivity (Wildman–Crippen MR) is 86.3 cm³/mol. The molecule has 0 saturated heterocycles. The number of nitrogens with one attached hydrogen (secondary N) is 1.